The first-order valence-corrected chi connectivity index (χ1v) is 16.8. The Morgan fingerprint density at radius 2 is 0.735 bits per heavy atom. The van der Waals surface area contributed by atoms with Crippen molar-refractivity contribution in [2.45, 2.75) is 0 Å². The van der Waals surface area contributed by atoms with E-state index in [1.165, 1.54) is 0 Å². The van der Waals surface area contributed by atoms with Crippen LogP contribution in [0.25, 0.3) is 89.7 Å². The van der Waals surface area contributed by atoms with E-state index < -0.39 is 0 Å². The molecule has 0 unspecified atom stereocenters. The fraction of sp³-hybridized carbons (Fsp3) is 0. The number of hydrogen-bond donors (Lipinski definition) is 0. The fourth-order valence-corrected chi connectivity index (χ4v) is 7.82. The van der Waals surface area contributed by atoms with Crippen molar-refractivity contribution in [3.8, 4) is 45.6 Å². The van der Waals surface area contributed by atoms with E-state index in [-0.39, 0.29) is 91.1 Å². The second-order valence-electron chi connectivity index (χ2n) is 10.6. The molecule has 8 nitrogen and oxygen atoms in total. The minimum Gasteiger partial charge on any atom is -0.357 e. The normalized spacial score (nSPS) is 11.9. The molecule has 3 aromatic heterocycles. The smallest absolute Gasteiger partial charge is 0.357 e. The van der Waals surface area contributed by atoms with Crippen molar-refractivity contribution in [1.82, 2.24) is 39.9 Å². The Labute approximate surface area is 325 Å². The topological polar surface area (TPSA) is 106 Å². The van der Waals surface area contributed by atoms with Gasteiger partial charge in [0.25, 0.3) is 0 Å². The molecule has 2 aliphatic heterocycles. The minimum absolute atomic E-state index is 0. The van der Waals surface area contributed by atoms with E-state index in [0.29, 0.717) is 44.8 Å². The summed E-state index contributed by atoms with van der Waals surface area (Å²) in [5, 5.41) is 2.29. The molecule has 2 aliphatic rings. The number of halogens is 8. The van der Waals surface area contributed by atoms with Crippen LogP contribution in [0.4, 0.5) is 0 Å². The summed E-state index contributed by atoms with van der Waals surface area (Å²) in [6, 6.07) is 15.0. The monoisotopic (exact) mass is 847 g/mol. The van der Waals surface area contributed by atoms with Crippen LogP contribution in [0.15, 0.2) is 48.5 Å². The molecule has 49 heavy (non-hydrogen) atoms. The molecular formula is C32H8Cl8CuN8. The molecule has 1 radical (unpaired) electrons. The molecule has 4 aromatic carbocycles. The number of fused-ring (bicyclic) bond motifs is 20. The van der Waals surface area contributed by atoms with Gasteiger partial charge in [0.05, 0.1) is 57.4 Å². The summed E-state index contributed by atoms with van der Waals surface area (Å²) in [6.07, 6.45) is 0. The Balaban J connectivity index is 0.00000348. The predicted molar refractivity (Wildman–Crippen MR) is 194 cm³/mol. The summed E-state index contributed by atoms with van der Waals surface area (Å²) >= 11 is 53.3. The number of rotatable bonds is 0. The molecule has 0 fully saturated rings. The zero-order valence-electron chi connectivity index (χ0n) is 23.5. The average Bonchev–Trinajstić information content (AvgIpc) is 3.83. The summed E-state index contributed by atoms with van der Waals surface area (Å²) in [5.74, 6) is 0.885. The Kier molecular flexibility index (Phi) is 8.21. The van der Waals surface area contributed by atoms with Crippen LogP contribution in [0.3, 0.4) is 0 Å². The van der Waals surface area contributed by atoms with Crippen LogP contribution < -0.4 is 9.97 Å². The fourth-order valence-electron chi connectivity index (χ4n) is 5.78. The van der Waals surface area contributed by atoms with Crippen LogP contribution in [0, 0.1) is 0 Å². The van der Waals surface area contributed by atoms with E-state index in [1.54, 1.807) is 0 Å². The van der Waals surface area contributed by atoms with Gasteiger partial charge in [-0.25, -0.2) is 15.0 Å². The van der Waals surface area contributed by atoms with Crippen LogP contribution in [0.5, 0.6) is 0 Å². The standard InChI is InChI=1S/C32H8Cl8N8.Cu/c33-17-13-15(19(35)23(39)21(17)37)31-46-29(13)44-27-11-7-3-1-5-9(11)25(42-27)41-26-10-6-2-4-8-12(10)28(43-26)45-30-14-16(32(47-30)48-31)20(36)24(40)22(38)18(14)34;/h1-8H;/q-2;+2. The van der Waals surface area contributed by atoms with Crippen molar-refractivity contribution < 1.29 is 17.1 Å². The summed E-state index contributed by atoms with van der Waals surface area (Å²) in [7, 11) is 0. The van der Waals surface area contributed by atoms with Crippen molar-refractivity contribution in [3.63, 3.8) is 0 Å². The first-order valence-electron chi connectivity index (χ1n) is 13.7. The predicted octanol–water partition coefficient (Wildman–Crippen LogP) is 11.4. The third-order valence-corrected chi connectivity index (χ3v) is 11.5. The summed E-state index contributed by atoms with van der Waals surface area (Å²) in [5.41, 5.74) is 2.89. The first-order chi connectivity index (χ1) is 23.1. The Morgan fingerprint density at radius 1 is 0.367 bits per heavy atom. The molecule has 0 saturated heterocycles. The molecule has 0 atom stereocenters. The molecule has 0 N–H and O–H groups in total. The zero-order chi connectivity index (χ0) is 33.2. The molecule has 0 amide bonds. The Morgan fingerprint density at radius 3 is 1.31 bits per heavy atom. The van der Waals surface area contributed by atoms with Crippen LogP contribution in [0.2, 0.25) is 40.2 Å². The SMILES string of the molecule is Clc1c(Cl)c(Cl)c2c(c1Cl)-c1nc3nc(nc4[n-]c(nc5[n-]c(nc-2n1)c1c(Cl)c(Cl)c(Cl)c(Cl)c51)c1ccccc41)-c1ccccc1-3.[Cu+2]. The van der Waals surface area contributed by atoms with E-state index in [4.69, 9.17) is 133 Å². The first kappa shape index (κ1) is 33.2. The van der Waals surface area contributed by atoms with Crippen LogP contribution in [0.1, 0.15) is 0 Å². The molecule has 8 bridgehead atoms. The molecule has 0 aliphatic carbocycles. The number of nitrogens with zero attached hydrogens (tertiary/aromatic N) is 8. The summed E-state index contributed by atoms with van der Waals surface area (Å²) in [6.45, 7) is 0. The van der Waals surface area contributed by atoms with E-state index in [0.717, 1.165) is 10.9 Å². The van der Waals surface area contributed by atoms with Crippen molar-refractivity contribution in [2.24, 2.45) is 0 Å². The van der Waals surface area contributed by atoms with Gasteiger partial charge in [0.15, 0.2) is 11.6 Å². The Hall–Kier alpha value is -2.92. The maximum absolute atomic E-state index is 6.80. The molecular weight excluding hydrogens is 844 g/mol. The molecule has 9 rings (SSSR count). The second-order valence-corrected chi connectivity index (χ2v) is 13.6. The third-order valence-electron chi connectivity index (χ3n) is 7.94. The molecule has 0 saturated carbocycles. The van der Waals surface area contributed by atoms with Crippen molar-refractivity contribution >= 4 is 137 Å². The molecule has 243 valence electrons. The number of benzene rings is 4. The van der Waals surface area contributed by atoms with Gasteiger partial charge < -0.3 is 24.9 Å². The van der Waals surface area contributed by atoms with Crippen molar-refractivity contribution in [1.29, 1.82) is 0 Å². The largest absolute Gasteiger partial charge is 2.00 e. The second kappa shape index (κ2) is 12.1. The van der Waals surface area contributed by atoms with Gasteiger partial charge in [0.2, 0.25) is 0 Å². The van der Waals surface area contributed by atoms with Gasteiger partial charge in [-0.1, -0.05) is 141 Å². The molecule has 7 aromatic rings. The van der Waals surface area contributed by atoms with Gasteiger partial charge in [-0.3, -0.25) is 0 Å². The van der Waals surface area contributed by atoms with Gasteiger partial charge in [0.1, 0.15) is 0 Å². The van der Waals surface area contributed by atoms with Gasteiger partial charge in [-0.2, -0.15) is 0 Å². The van der Waals surface area contributed by atoms with E-state index in [9.17, 15) is 0 Å². The molecule has 17 heteroatoms. The minimum atomic E-state index is 0. The average molecular weight is 852 g/mol. The maximum atomic E-state index is 6.80. The summed E-state index contributed by atoms with van der Waals surface area (Å²) < 4.78 is 0. The van der Waals surface area contributed by atoms with E-state index in [1.807, 2.05) is 48.5 Å². The van der Waals surface area contributed by atoms with Crippen molar-refractivity contribution in [2.75, 3.05) is 0 Å². The van der Waals surface area contributed by atoms with Gasteiger partial charge in [-0.15, -0.1) is 0 Å². The van der Waals surface area contributed by atoms with E-state index >= 15 is 0 Å². The molecule has 0 spiro atoms. The van der Waals surface area contributed by atoms with Crippen LogP contribution >= 0.6 is 92.8 Å². The maximum Gasteiger partial charge on any atom is 2.00 e. The van der Waals surface area contributed by atoms with Crippen LogP contribution in [-0.4, -0.2) is 29.9 Å². The van der Waals surface area contributed by atoms with Crippen LogP contribution in [-0.2, 0) is 17.1 Å². The van der Waals surface area contributed by atoms with Gasteiger partial charge >= 0.3 is 17.1 Å². The third kappa shape index (κ3) is 4.87. The van der Waals surface area contributed by atoms with Gasteiger partial charge in [-0.05, 0) is 10.8 Å². The van der Waals surface area contributed by atoms with E-state index in [2.05, 4.69) is 0 Å². The summed E-state index contributed by atoms with van der Waals surface area (Å²) in [4.78, 5) is 38.5. The van der Waals surface area contributed by atoms with Gasteiger partial charge in [0, 0.05) is 50.1 Å². The number of aromatic nitrogens is 8. The zero-order valence-corrected chi connectivity index (χ0v) is 30.5. The Bertz CT molecular complexity index is 2800. The number of hydrogen-bond acceptors (Lipinski definition) is 6. The quantitative estimate of drug-likeness (QED) is 0.0844. The molecule has 5 heterocycles. The van der Waals surface area contributed by atoms with Crippen molar-refractivity contribution in [3.05, 3.63) is 88.7 Å².